The van der Waals surface area contributed by atoms with Crippen molar-refractivity contribution in [2.45, 2.75) is 25.2 Å². The third-order valence-electron chi connectivity index (χ3n) is 5.57. The van der Waals surface area contributed by atoms with Crippen LogP contribution in [-0.4, -0.2) is 70.2 Å². The molecule has 0 aliphatic carbocycles. The van der Waals surface area contributed by atoms with Gasteiger partial charge < -0.3 is 19.4 Å². The van der Waals surface area contributed by atoms with Crippen LogP contribution in [0.4, 0.5) is 11.4 Å². The van der Waals surface area contributed by atoms with E-state index in [1.54, 1.807) is 0 Å². The molecule has 0 bridgehead atoms. The lowest BCUT2D eigenvalue weighted by Crippen LogP contribution is -2.24. The number of hydrogen-bond donors (Lipinski definition) is 0. The first kappa shape index (κ1) is 22.3. The Morgan fingerprint density at radius 2 is 1.57 bits per heavy atom. The summed E-state index contributed by atoms with van der Waals surface area (Å²) < 4.78 is 5.72. The number of nitrogens with zero attached hydrogens (tertiary/aromatic N) is 3. The monoisotopic (exact) mass is 409 g/mol. The van der Waals surface area contributed by atoms with Gasteiger partial charge in [-0.25, -0.2) is 0 Å². The molecule has 0 saturated carbocycles. The predicted octanol–water partition coefficient (Wildman–Crippen LogP) is 3.91. The van der Waals surface area contributed by atoms with Crippen molar-refractivity contribution < 1.29 is 9.53 Å². The van der Waals surface area contributed by atoms with E-state index in [0.717, 1.165) is 43.7 Å². The zero-order valence-electron chi connectivity index (χ0n) is 18.8. The third kappa shape index (κ3) is 5.61. The normalized spacial score (nSPS) is 15.7. The van der Waals surface area contributed by atoms with Gasteiger partial charge in [-0.15, -0.1) is 0 Å². The molecule has 0 fully saturated rings. The highest BCUT2D eigenvalue weighted by molar-refractivity contribution is 5.85. The van der Waals surface area contributed by atoms with Crippen LogP contribution >= 0.6 is 0 Å². The van der Waals surface area contributed by atoms with Crippen molar-refractivity contribution in [3.8, 4) is 0 Å². The molecule has 0 N–H and O–H groups in total. The SMILES string of the molecule is CN(C)CCCOC(=O)C1Cc2ccccc2N(CCCN(C)C)c2ccccc21. The van der Waals surface area contributed by atoms with Gasteiger partial charge in [0.1, 0.15) is 0 Å². The molecule has 0 saturated heterocycles. The number of ether oxygens (including phenoxy) is 1. The number of para-hydroxylation sites is 2. The molecule has 1 heterocycles. The Labute approximate surface area is 181 Å². The summed E-state index contributed by atoms with van der Waals surface area (Å²) in [4.78, 5) is 19.8. The first-order chi connectivity index (χ1) is 14.5. The maximum atomic E-state index is 13.1. The molecule has 1 atom stereocenters. The molecule has 0 amide bonds. The highest BCUT2D eigenvalue weighted by Crippen LogP contribution is 2.41. The molecular weight excluding hydrogens is 374 g/mol. The van der Waals surface area contributed by atoms with Gasteiger partial charge >= 0.3 is 5.97 Å². The molecule has 162 valence electrons. The maximum absolute atomic E-state index is 13.1. The Morgan fingerprint density at radius 3 is 2.30 bits per heavy atom. The fraction of sp³-hybridized carbons (Fsp3) is 0.480. The average Bonchev–Trinajstić information content (AvgIpc) is 2.86. The lowest BCUT2D eigenvalue weighted by atomic mass is 9.92. The Kier molecular flexibility index (Phi) is 7.88. The van der Waals surface area contributed by atoms with Crippen LogP contribution < -0.4 is 4.90 Å². The molecular formula is C25H35N3O2. The summed E-state index contributed by atoms with van der Waals surface area (Å²) in [6, 6.07) is 16.8. The van der Waals surface area contributed by atoms with E-state index in [1.165, 1.54) is 11.3 Å². The first-order valence-corrected chi connectivity index (χ1v) is 10.9. The smallest absolute Gasteiger partial charge is 0.313 e. The highest BCUT2D eigenvalue weighted by Gasteiger charge is 2.31. The number of esters is 1. The van der Waals surface area contributed by atoms with E-state index in [9.17, 15) is 4.79 Å². The van der Waals surface area contributed by atoms with E-state index in [0.29, 0.717) is 13.0 Å². The second-order valence-electron chi connectivity index (χ2n) is 8.58. The van der Waals surface area contributed by atoms with Crippen molar-refractivity contribution in [3.63, 3.8) is 0 Å². The summed E-state index contributed by atoms with van der Waals surface area (Å²) in [6.07, 6.45) is 2.57. The van der Waals surface area contributed by atoms with Crippen LogP contribution in [0, 0.1) is 0 Å². The van der Waals surface area contributed by atoms with Crippen LogP contribution in [0.2, 0.25) is 0 Å². The maximum Gasteiger partial charge on any atom is 0.313 e. The molecule has 30 heavy (non-hydrogen) atoms. The van der Waals surface area contributed by atoms with E-state index in [4.69, 9.17) is 4.74 Å². The molecule has 2 aromatic carbocycles. The van der Waals surface area contributed by atoms with Gasteiger partial charge in [-0.2, -0.15) is 0 Å². The van der Waals surface area contributed by atoms with E-state index >= 15 is 0 Å². The van der Waals surface area contributed by atoms with Crippen LogP contribution in [0.3, 0.4) is 0 Å². The minimum Gasteiger partial charge on any atom is -0.465 e. The molecule has 5 nitrogen and oxygen atoms in total. The summed E-state index contributed by atoms with van der Waals surface area (Å²) in [7, 11) is 8.27. The van der Waals surface area contributed by atoms with Gasteiger partial charge in [0, 0.05) is 24.5 Å². The molecule has 2 aromatic rings. The topological polar surface area (TPSA) is 36.0 Å². The second-order valence-corrected chi connectivity index (χ2v) is 8.58. The Balaban J connectivity index is 1.88. The Morgan fingerprint density at radius 1 is 0.933 bits per heavy atom. The standard InChI is InChI=1S/C25H35N3O2/c1-26(2)15-9-17-28-23-13-7-5-11-20(23)19-22(21-12-6-8-14-24(21)28)25(29)30-18-10-16-27(3)4/h5-8,11-14,22H,9-10,15-19H2,1-4H3. The third-order valence-corrected chi connectivity index (χ3v) is 5.57. The van der Waals surface area contributed by atoms with Crippen molar-refractivity contribution in [1.29, 1.82) is 0 Å². The fourth-order valence-corrected chi connectivity index (χ4v) is 4.08. The molecule has 1 unspecified atom stereocenters. The van der Waals surface area contributed by atoms with E-state index in [1.807, 2.05) is 20.2 Å². The van der Waals surface area contributed by atoms with Gasteiger partial charge in [-0.1, -0.05) is 36.4 Å². The minimum atomic E-state index is -0.277. The summed E-state index contributed by atoms with van der Waals surface area (Å²) in [5.74, 6) is -0.397. The molecule has 0 spiro atoms. The zero-order valence-corrected chi connectivity index (χ0v) is 18.8. The number of fused-ring (bicyclic) bond motifs is 2. The van der Waals surface area contributed by atoms with Crippen molar-refractivity contribution >= 4 is 17.3 Å². The lowest BCUT2D eigenvalue weighted by Gasteiger charge is -2.28. The summed E-state index contributed by atoms with van der Waals surface area (Å²) in [6.45, 7) is 3.32. The van der Waals surface area contributed by atoms with Gasteiger partial charge in [0.2, 0.25) is 0 Å². The van der Waals surface area contributed by atoms with Crippen molar-refractivity contribution in [1.82, 2.24) is 9.80 Å². The van der Waals surface area contributed by atoms with Crippen LogP contribution in [0.25, 0.3) is 0 Å². The van der Waals surface area contributed by atoms with E-state index in [2.05, 4.69) is 71.3 Å². The molecule has 3 rings (SSSR count). The summed E-state index contributed by atoms with van der Waals surface area (Å²) in [5.41, 5.74) is 4.59. The number of carbonyl (C=O) groups is 1. The number of benzene rings is 2. The van der Waals surface area contributed by atoms with Gasteiger partial charge in [-0.05, 0) is 77.3 Å². The average molecular weight is 410 g/mol. The summed E-state index contributed by atoms with van der Waals surface area (Å²) >= 11 is 0. The molecule has 1 aliphatic heterocycles. The van der Waals surface area contributed by atoms with Crippen LogP contribution in [-0.2, 0) is 16.0 Å². The quantitative estimate of drug-likeness (QED) is 0.464. The van der Waals surface area contributed by atoms with Gasteiger partial charge in [-0.3, -0.25) is 4.79 Å². The number of rotatable bonds is 9. The van der Waals surface area contributed by atoms with Crippen molar-refractivity contribution in [3.05, 3.63) is 59.7 Å². The van der Waals surface area contributed by atoms with E-state index in [-0.39, 0.29) is 11.9 Å². The fourth-order valence-electron chi connectivity index (χ4n) is 4.08. The lowest BCUT2D eigenvalue weighted by molar-refractivity contribution is -0.145. The molecule has 0 aromatic heterocycles. The Hall–Kier alpha value is -2.37. The van der Waals surface area contributed by atoms with Crippen LogP contribution in [0.1, 0.15) is 29.9 Å². The van der Waals surface area contributed by atoms with Gasteiger partial charge in [0.05, 0.1) is 12.5 Å². The van der Waals surface area contributed by atoms with E-state index < -0.39 is 0 Å². The first-order valence-electron chi connectivity index (χ1n) is 10.9. The molecule has 1 aliphatic rings. The second kappa shape index (κ2) is 10.6. The van der Waals surface area contributed by atoms with Crippen molar-refractivity contribution in [2.75, 3.05) is 59.3 Å². The van der Waals surface area contributed by atoms with Gasteiger partial charge in [0.15, 0.2) is 0 Å². The minimum absolute atomic E-state index is 0.119. The van der Waals surface area contributed by atoms with Crippen LogP contribution in [0.15, 0.2) is 48.5 Å². The molecule has 5 heteroatoms. The Bertz CT molecular complexity index is 835. The molecule has 0 radical (unpaired) electrons. The summed E-state index contributed by atoms with van der Waals surface area (Å²) in [5, 5.41) is 0. The van der Waals surface area contributed by atoms with Gasteiger partial charge in [0.25, 0.3) is 0 Å². The highest BCUT2D eigenvalue weighted by atomic mass is 16.5. The number of carbonyl (C=O) groups excluding carboxylic acids is 1. The number of hydrogen-bond acceptors (Lipinski definition) is 5. The number of anilines is 2. The largest absolute Gasteiger partial charge is 0.465 e. The van der Waals surface area contributed by atoms with Crippen molar-refractivity contribution in [2.24, 2.45) is 0 Å². The zero-order chi connectivity index (χ0) is 21.5. The predicted molar refractivity (Wildman–Crippen MR) is 124 cm³/mol. The van der Waals surface area contributed by atoms with Crippen LogP contribution in [0.5, 0.6) is 0 Å².